The van der Waals surface area contributed by atoms with E-state index in [9.17, 15) is 4.79 Å². The SMILES string of the molecule is CN(CCOc1cccc(Cl)c1)C(=O)c1cc(Cl)sc1Cl. The van der Waals surface area contributed by atoms with Crippen LogP contribution in [-0.2, 0) is 0 Å². The van der Waals surface area contributed by atoms with Crippen molar-refractivity contribution in [2.45, 2.75) is 0 Å². The molecule has 2 aromatic rings. The number of thiophene rings is 1. The second kappa shape index (κ2) is 7.36. The zero-order valence-electron chi connectivity index (χ0n) is 11.1. The normalized spacial score (nSPS) is 10.5. The molecule has 0 aliphatic rings. The molecule has 1 amide bonds. The zero-order chi connectivity index (χ0) is 15.4. The van der Waals surface area contributed by atoms with Crippen molar-refractivity contribution in [3.8, 4) is 5.75 Å². The van der Waals surface area contributed by atoms with Crippen LogP contribution in [0.15, 0.2) is 30.3 Å². The number of likely N-dealkylation sites (N-methyl/N-ethyl adjacent to an activating group) is 1. The van der Waals surface area contributed by atoms with Crippen LogP contribution in [0.2, 0.25) is 13.7 Å². The number of hydrogen-bond donors (Lipinski definition) is 0. The largest absolute Gasteiger partial charge is 0.492 e. The lowest BCUT2D eigenvalue weighted by atomic mass is 10.3. The van der Waals surface area contributed by atoms with Crippen LogP contribution in [0.1, 0.15) is 10.4 Å². The summed E-state index contributed by atoms with van der Waals surface area (Å²) in [6.45, 7) is 0.785. The number of halogens is 3. The van der Waals surface area contributed by atoms with Crippen molar-refractivity contribution in [1.29, 1.82) is 0 Å². The molecule has 3 nitrogen and oxygen atoms in total. The van der Waals surface area contributed by atoms with Gasteiger partial charge < -0.3 is 9.64 Å². The standard InChI is InChI=1S/C14H12Cl3NO2S/c1-18(14(19)11-8-12(16)21-13(11)17)5-6-20-10-4-2-3-9(15)7-10/h2-4,7-8H,5-6H2,1H3. The summed E-state index contributed by atoms with van der Waals surface area (Å²) in [5, 5.41) is 0.608. The van der Waals surface area contributed by atoms with Crippen molar-refractivity contribution in [1.82, 2.24) is 4.90 Å². The molecule has 0 fully saturated rings. The average Bonchev–Trinajstić information content (AvgIpc) is 2.77. The summed E-state index contributed by atoms with van der Waals surface area (Å²) < 4.78 is 6.43. The Labute approximate surface area is 142 Å². The maximum atomic E-state index is 12.2. The molecule has 0 unspecified atom stereocenters. The number of nitrogens with zero attached hydrogens (tertiary/aromatic N) is 1. The van der Waals surface area contributed by atoms with Crippen LogP contribution >= 0.6 is 46.1 Å². The first-order chi connectivity index (χ1) is 9.97. The molecule has 0 saturated heterocycles. The van der Waals surface area contributed by atoms with Gasteiger partial charge in [0.25, 0.3) is 5.91 Å². The van der Waals surface area contributed by atoms with E-state index >= 15 is 0 Å². The van der Waals surface area contributed by atoms with E-state index in [4.69, 9.17) is 39.5 Å². The Kier molecular flexibility index (Phi) is 5.76. The minimum atomic E-state index is -0.183. The molecule has 7 heteroatoms. The molecule has 0 aliphatic carbocycles. The molecule has 0 radical (unpaired) electrons. The molecule has 1 heterocycles. The van der Waals surface area contributed by atoms with Crippen molar-refractivity contribution < 1.29 is 9.53 Å². The minimum absolute atomic E-state index is 0.183. The molecule has 1 aromatic carbocycles. The van der Waals surface area contributed by atoms with E-state index in [2.05, 4.69) is 0 Å². The third-order valence-corrected chi connectivity index (χ3v) is 4.45. The Morgan fingerprint density at radius 1 is 1.29 bits per heavy atom. The summed E-state index contributed by atoms with van der Waals surface area (Å²) in [7, 11) is 1.69. The van der Waals surface area contributed by atoms with E-state index in [0.29, 0.717) is 38.2 Å². The molecular weight excluding hydrogens is 353 g/mol. The van der Waals surface area contributed by atoms with Gasteiger partial charge in [0, 0.05) is 12.1 Å². The van der Waals surface area contributed by atoms with Gasteiger partial charge in [-0.2, -0.15) is 0 Å². The minimum Gasteiger partial charge on any atom is -0.492 e. The maximum Gasteiger partial charge on any atom is 0.256 e. The molecule has 0 atom stereocenters. The number of ether oxygens (including phenoxy) is 1. The van der Waals surface area contributed by atoms with Gasteiger partial charge >= 0.3 is 0 Å². The van der Waals surface area contributed by atoms with Gasteiger partial charge in [0.1, 0.15) is 16.7 Å². The third-order valence-electron chi connectivity index (χ3n) is 2.73. The van der Waals surface area contributed by atoms with Crippen LogP contribution in [0.5, 0.6) is 5.75 Å². The van der Waals surface area contributed by atoms with Crippen molar-refractivity contribution in [2.24, 2.45) is 0 Å². The van der Waals surface area contributed by atoms with Gasteiger partial charge in [0.15, 0.2) is 0 Å². The molecule has 0 N–H and O–H groups in total. The highest BCUT2D eigenvalue weighted by molar-refractivity contribution is 7.20. The lowest BCUT2D eigenvalue weighted by molar-refractivity contribution is 0.0774. The van der Waals surface area contributed by atoms with Crippen LogP contribution in [0, 0.1) is 0 Å². The van der Waals surface area contributed by atoms with E-state index in [0.717, 1.165) is 0 Å². The molecular formula is C14H12Cl3NO2S. The first-order valence-corrected chi connectivity index (χ1v) is 8.01. The Morgan fingerprint density at radius 3 is 2.67 bits per heavy atom. The Bertz CT molecular complexity index is 645. The van der Waals surface area contributed by atoms with Crippen LogP contribution < -0.4 is 4.74 Å². The van der Waals surface area contributed by atoms with Gasteiger partial charge in [-0.05, 0) is 24.3 Å². The van der Waals surface area contributed by atoms with E-state index in [-0.39, 0.29) is 5.91 Å². The summed E-state index contributed by atoms with van der Waals surface area (Å²) in [6.07, 6.45) is 0. The van der Waals surface area contributed by atoms with Gasteiger partial charge in [-0.1, -0.05) is 40.9 Å². The van der Waals surface area contributed by atoms with Gasteiger partial charge in [-0.3, -0.25) is 4.79 Å². The summed E-state index contributed by atoms with van der Waals surface area (Å²) in [6, 6.07) is 8.68. The Morgan fingerprint density at radius 2 is 2.05 bits per heavy atom. The quantitative estimate of drug-likeness (QED) is 0.758. The Balaban J connectivity index is 1.88. The number of hydrogen-bond acceptors (Lipinski definition) is 3. The highest BCUT2D eigenvalue weighted by atomic mass is 35.5. The van der Waals surface area contributed by atoms with Crippen molar-refractivity contribution in [2.75, 3.05) is 20.2 Å². The second-order valence-corrected chi connectivity index (χ2v) is 6.99. The van der Waals surface area contributed by atoms with Crippen LogP contribution in [0.4, 0.5) is 0 Å². The number of benzene rings is 1. The fourth-order valence-corrected chi connectivity index (χ4v) is 3.28. The van der Waals surface area contributed by atoms with Gasteiger partial charge in [0.05, 0.1) is 16.4 Å². The van der Waals surface area contributed by atoms with Gasteiger partial charge in [-0.25, -0.2) is 0 Å². The summed E-state index contributed by atoms with van der Waals surface area (Å²) in [5.74, 6) is 0.484. The molecule has 0 aliphatic heterocycles. The molecule has 0 saturated carbocycles. The van der Waals surface area contributed by atoms with Crippen LogP contribution in [0.3, 0.4) is 0 Å². The summed E-state index contributed by atoms with van der Waals surface area (Å²) >= 11 is 18.9. The fourth-order valence-electron chi connectivity index (χ4n) is 1.65. The van der Waals surface area contributed by atoms with E-state index in [1.807, 2.05) is 6.07 Å². The molecule has 1 aromatic heterocycles. The van der Waals surface area contributed by atoms with E-state index in [1.165, 1.54) is 16.2 Å². The molecule has 0 spiro atoms. The van der Waals surface area contributed by atoms with Crippen molar-refractivity contribution in [3.05, 3.63) is 49.6 Å². The van der Waals surface area contributed by atoms with Gasteiger partial charge in [0.2, 0.25) is 0 Å². The Hall–Kier alpha value is -0.940. The van der Waals surface area contributed by atoms with Crippen molar-refractivity contribution in [3.63, 3.8) is 0 Å². The summed E-state index contributed by atoms with van der Waals surface area (Å²) in [4.78, 5) is 13.7. The fraction of sp³-hybridized carbons (Fsp3) is 0.214. The zero-order valence-corrected chi connectivity index (χ0v) is 14.2. The summed E-state index contributed by atoms with van der Waals surface area (Å²) in [5.41, 5.74) is 0.414. The van der Waals surface area contributed by atoms with Crippen LogP contribution in [0.25, 0.3) is 0 Å². The molecule has 2 rings (SSSR count). The van der Waals surface area contributed by atoms with Gasteiger partial charge in [-0.15, -0.1) is 11.3 Å². The molecule has 21 heavy (non-hydrogen) atoms. The smallest absolute Gasteiger partial charge is 0.256 e. The maximum absolute atomic E-state index is 12.2. The molecule has 112 valence electrons. The molecule has 0 bridgehead atoms. The van der Waals surface area contributed by atoms with E-state index < -0.39 is 0 Å². The number of rotatable bonds is 5. The lowest BCUT2D eigenvalue weighted by Gasteiger charge is -2.17. The number of amides is 1. The lowest BCUT2D eigenvalue weighted by Crippen LogP contribution is -2.30. The first-order valence-electron chi connectivity index (χ1n) is 6.06. The highest BCUT2D eigenvalue weighted by Gasteiger charge is 2.17. The van der Waals surface area contributed by atoms with Crippen LogP contribution in [-0.4, -0.2) is 31.0 Å². The third kappa shape index (κ3) is 4.51. The van der Waals surface area contributed by atoms with Crippen molar-refractivity contribution >= 4 is 52.0 Å². The first kappa shape index (κ1) is 16.4. The second-order valence-electron chi connectivity index (χ2n) is 4.27. The average molecular weight is 365 g/mol. The number of carbonyl (C=O) groups is 1. The van der Waals surface area contributed by atoms with E-state index in [1.54, 1.807) is 31.3 Å². The predicted octanol–water partition coefficient (Wildman–Crippen LogP) is 4.86. The highest BCUT2D eigenvalue weighted by Crippen LogP contribution is 2.31. The predicted molar refractivity (Wildman–Crippen MR) is 88.2 cm³/mol. The monoisotopic (exact) mass is 363 g/mol. The topological polar surface area (TPSA) is 29.5 Å². The number of carbonyl (C=O) groups excluding carboxylic acids is 1.